The van der Waals surface area contributed by atoms with Crippen LogP contribution < -0.4 is 10.5 Å². The molecule has 2 aromatic heterocycles. The lowest BCUT2D eigenvalue weighted by atomic mass is 10.2. The molecule has 116 valence electrons. The number of anilines is 3. The lowest BCUT2D eigenvalue weighted by molar-refractivity contribution is 1.19. The zero-order chi connectivity index (χ0) is 16.4. The van der Waals surface area contributed by atoms with Crippen molar-refractivity contribution in [1.82, 2.24) is 9.97 Å². The maximum absolute atomic E-state index is 12.4. The lowest BCUT2D eigenvalue weighted by Crippen LogP contribution is -2.15. The van der Waals surface area contributed by atoms with E-state index < -0.39 is 0 Å². The maximum atomic E-state index is 12.4. The van der Waals surface area contributed by atoms with Gasteiger partial charge in [0.05, 0.1) is 5.39 Å². The van der Waals surface area contributed by atoms with Crippen LogP contribution in [-0.4, -0.2) is 9.97 Å². The van der Waals surface area contributed by atoms with Crippen LogP contribution in [0.2, 0.25) is 0 Å². The van der Waals surface area contributed by atoms with Crippen LogP contribution in [0.4, 0.5) is 16.5 Å². The van der Waals surface area contributed by atoms with Crippen LogP contribution in [0.25, 0.3) is 10.2 Å². The second-order valence-electron chi connectivity index (χ2n) is 5.16. The highest BCUT2D eigenvalue weighted by Gasteiger charge is 2.16. The highest BCUT2D eigenvalue weighted by molar-refractivity contribution is 7.21. The van der Waals surface area contributed by atoms with Gasteiger partial charge in [-0.1, -0.05) is 47.7 Å². The summed E-state index contributed by atoms with van der Waals surface area (Å²) in [6.07, 6.45) is 1.69. The second kappa shape index (κ2) is 6.22. The second-order valence-corrected chi connectivity index (χ2v) is 6.12. The molecule has 0 fully saturated rings. The Bertz CT molecular complexity index is 993. The number of benzene rings is 2. The summed E-state index contributed by atoms with van der Waals surface area (Å²) in [6.45, 7) is 0. The molecular formula is C19H13N3OS. The Labute approximate surface area is 142 Å². The minimum absolute atomic E-state index is 0.260. The summed E-state index contributed by atoms with van der Waals surface area (Å²) in [7, 11) is 0. The van der Waals surface area contributed by atoms with E-state index in [0.717, 1.165) is 11.4 Å². The van der Waals surface area contributed by atoms with Crippen molar-refractivity contribution >= 4 is 38.1 Å². The molecule has 4 rings (SSSR count). The Balaban J connectivity index is 1.96. The smallest absolute Gasteiger partial charge is 0.282 e. The predicted octanol–water partition coefficient (Wildman–Crippen LogP) is 4.52. The van der Waals surface area contributed by atoms with Crippen LogP contribution >= 0.6 is 11.3 Å². The summed E-state index contributed by atoms with van der Waals surface area (Å²) >= 11 is 1.40. The molecule has 0 aliphatic heterocycles. The summed E-state index contributed by atoms with van der Waals surface area (Å²) in [6, 6.07) is 23.3. The summed E-state index contributed by atoms with van der Waals surface area (Å²) in [5, 5.41) is 1.15. The quantitative estimate of drug-likeness (QED) is 0.554. The zero-order valence-electron chi connectivity index (χ0n) is 12.7. The van der Waals surface area contributed by atoms with Crippen molar-refractivity contribution in [2.24, 2.45) is 0 Å². The van der Waals surface area contributed by atoms with Gasteiger partial charge in [-0.25, -0.2) is 4.98 Å². The van der Waals surface area contributed by atoms with Crippen molar-refractivity contribution in [3.63, 3.8) is 0 Å². The molecule has 5 heteroatoms. The van der Waals surface area contributed by atoms with Gasteiger partial charge in [0.15, 0.2) is 5.13 Å². The molecule has 0 N–H and O–H groups in total. The maximum Gasteiger partial charge on any atom is 0.282 e. The predicted molar refractivity (Wildman–Crippen MR) is 98.4 cm³/mol. The molecule has 0 radical (unpaired) electrons. The third kappa shape index (κ3) is 2.66. The Morgan fingerprint density at radius 2 is 1.42 bits per heavy atom. The molecule has 0 saturated heterocycles. The third-order valence-corrected chi connectivity index (χ3v) is 4.58. The monoisotopic (exact) mass is 331 g/mol. The molecule has 24 heavy (non-hydrogen) atoms. The molecule has 0 spiro atoms. The summed E-state index contributed by atoms with van der Waals surface area (Å²) in [4.78, 5) is 23.7. The number of fused-ring (bicyclic) bond motifs is 1. The minimum atomic E-state index is -0.260. The molecule has 2 aromatic carbocycles. The van der Waals surface area contributed by atoms with E-state index in [0.29, 0.717) is 15.3 Å². The molecule has 0 unspecified atom stereocenters. The zero-order valence-corrected chi connectivity index (χ0v) is 13.5. The van der Waals surface area contributed by atoms with E-state index in [1.54, 1.807) is 18.3 Å². The summed E-state index contributed by atoms with van der Waals surface area (Å²) < 4.78 is 0. The Morgan fingerprint density at radius 3 is 2.04 bits per heavy atom. The van der Waals surface area contributed by atoms with Crippen LogP contribution in [0.15, 0.2) is 83.8 Å². The van der Waals surface area contributed by atoms with Crippen molar-refractivity contribution in [3.05, 3.63) is 89.3 Å². The molecule has 0 amide bonds. The van der Waals surface area contributed by atoms with E-state index in [4.69, 9.17) is 0 Å². The van der Waals surface area contributed by atoms with Gasteiger partial charge < -0.3 is 0 Å². The van der Waals surface area contributed by atoms with E-state index in [2.05, 4.69) is 9.97 Å². The molecular weight excluding hydrogens is 318 g/mol. The normalized spacial score (nSPS) is 10.7. The fourth-order valence-corrected chi connectivity index (χ4v) is 3.49. The number of pyridine rings is 1. The summed E-state index contributed by atoms with van der Waals surface area (Å²) in [5.74, 6) is 0. The summed E-state index contributed by atoms with van der Waals surface area (Å²) in [5.41, 5.74) is 1.63. The Hall–Kier alpha value is -3.05. The van der Waals surface area contributed by atoms with Crippen LogP contribution in [0.3, 0.4) is 0 Å². The third-order valence-electron chi connectivity index (χ3n) is 3.61. The van der Waals surface area contributed by atoms with Crippen molar-refractivity contribution in [2.45, 2.75) is 0 Å². The molecule has 0 aliphatic carbocycles. The van der Waals surface area contributed by atoms with Gasteiger partial charge in [0.2, 0.25) is 0 Å². The van der Waals surface area contributed by atoms with Gasteiger partial charge in [0.1, 0.15) is 4.83 Å². The van der Waals surface area contributed by atoms with Gasteiger partial charge in [-0.3, -0.25) is 9.69 Å². The van der Waals surface area contributed by atoms with Crippen LogP contribution in [0.5, 0.6) is 0 Å². The molecule has 4 aromatic rings. The average Bonchev–Trinajstić information content (AvgIpc) is 2.64. The largest absolute Gasteiger partial charge is 0.286 e. The van der Waals surface area contributed by atoms with Crippen molar-refractivity contribution in [3.8, 4) is 0 Å². The standard InChI is InChI=1S/C19H13N3OS/c23-17-16-12-7-13-20-18(16)24-19(21-17)22(14-8-3-1-4-9-14)15-10-5-2-6-11-15/h1-13H. The number of hydrogen-bond donors (Lipinski definition) is 0. The first-order valence-corrected chi connectivity index (χ1v) is 8.31. The molecule has 0 bridgehead atoms. The molecule has 2 heterocycles. The highest BCUT2D eigenvalue weighted by atomic mass is 32.1. The number of hydrogen-bond acceptors (Lipinski definition) is 5. The van der Waals surface area contributed by atoms with Crippen LogP contribution in [0.1, 0.15) is 0 Å². The van der Waals surface area contributed by atoms with E-state index in [1.165, 1.54) is 11.3 Å². The Kier molecular flexibility index (Phi) is 3.76. The Morgan fingerprint density at radius 1 is 0.792 bits per heavy atom. The van der Waals surface area contributed by atoms with Gasteiger partial charge >= 0.3 is 0 Å². The average molecular weight is 331 g/mol. The van der Waals surface area contributed by atoms with Crippen LogP contribution in [0, 0.1) is 0 Å². The molecule has 0 atom stereocenters. The highest BCUT2D eigenvalue weighted by Crippen LogP contribution is 2.35. The van der Waals surface area contributed by atoms with E-state index in [1.807, 2.05) is 65.6 Å². The number of aromatic nitrogens is 2. The van der Waals surface area contributed by atoms with Gasteiger partial charge in [-0.15, -0.1) is 0 Å². The first kappa shape index (κ1) is 14.5. The first-order valence-electron chi connectivity index (χ1n) is 7.49. The minimum Gasteiger partial charge on any atom is -0.286 e. The SMILES string of the molecule is O=c1nc(N(c2ccccc2)c2ccccc2)sc2ncccc12. The van der Waals surface area contributed by atoms with E-state index in [-0.39, 0.29) is 5.56 Å². The molecule has 4 nitrogen and oxygen atoms in total. The van der Waals surface area contributed by atoms with Gasteiger partial charge in [-0.05, 0) is 36.4 Å². The van der Waals surface area contributed by atoms with Gasteiger partial charge in [0.25, 0.3) is 5.56 Å². The van der Waals surface area contributed by atoms with Gasteiger partial charge in [0, 0.05) is 17.6 Å². The fourth-order valence-electron chi connectivity index (χ4n) is 2.51. The van der Waals surface area contributed by atoms with E-state index >= 15 is 0 Å². The van der Waals surface area contributed by atoms with Crippen LogP contribution in [-0.2, 0) is 0 Å². The molecule has 0 saturated carbocycles. The van der Waals surface area contributed by atoms with Crippen molar-refractivity contribution in [2.75, 3.05) is 4.90 Å². The number of rotatable bonds is 3. The topological polar surface area (TPSA) is 46.1 Å². The molecule has 0 aliphatic rings. The van der Waals surface area contributed by atoms with Crippen molar-refractivity contribution in [1.29, 1.82) is 0 Å². The first-order chi connectivity index (χ1) is 11.8. The lowest BCUT2D eigenvalue weighted by Gasteiger charge is -2.23. The van der Waals surface area contributed by atoms with Crippen molar-refractivity contribution < 1.29 is 0 Å². The van der Waals surface area contributed by atoms with Gasteiger partial charge in [-0.2, -0.15) is 4.98 Å². The fraction of sp³-hybridized carbons (Fsp3) is 0. The van der Waals surface area contributed by atoms with E-state index in [9.17, 15) is 4.79 Å². The number of nitrogens with zero attached hydrogens (tertiary/aromatic N) is 3. The number of para-hydroxylation sites is 2.